The molecule has 2 atom stereocenters. The van der Waals surface area contributed by atoms with Gasteiger partial charge in [-0.1, -0.05) is 20.3 Å². The number of hydrogen-bond donors (Lipinski definition) is 1. The molecule has 0 amide bonds. The van der Waals surface area contributed by atoms with Crippen LogP contribution in [0, 0.1) is 0 Å². The van der Waals surface area contributed by atoms with E-state index in [1.165, 1.54) is 0 Å². The second-order valence-corrected chi connectivity index (χ2v) is 5.17. The van der Waals surface area contributed by atoms with E-state index >= 15 is 0 Å². The number of nitrogens with zero attached hydrogens (tertiary/aromatic N) is 3. The highest BCUT2D eigenvalue weighted by molar-refractivity contribution is 5.57. The summed E-state index contributed by atoms with van der Waals surface area (Å²) in [5, 5.41) is 0. The van der Waals surface area contributed by atoms with Gasteiger partial charge in [0.25, 0.3) is 0 Å². The highest BCUT2D eigenvalue weighted by Crippen LogP contribution is 2.28. The lowest BCUT2D eigenvalue weighted by Crippen LogP contribution is -2.49. The highest BCUT2D eigenvalue weighted by atomic mass is 16.5. The molecule has 0 spiro atoms. The molecule has 1 fully saturated rings. The van der Waals surface area contributed by atoms with Crippen molar-refractivity contribution in [2.24, 2.45) is 0 Å². The zero-order valence-corrected chi connectivity index (χ0v) is 12.1. The van der Waals surface area contributed by atoms with Gasteiger partial charge in [0, 0.05) is 12.1 Å². The Morgan fingerprint density at radius 3 is 2.89 bits per heavy atom. The van der Waals surface area contributed by atoms with Crippen LogP contribution in [0.4, 0.5) is 11.6 Å². The molecule has 2 rings (SSSR count). The molecule has 0 aromatic carbocycles. The van der Waals surface area contributed by atoms with E-state index < -0.39 is 0 Å². The molecule has 5 nitrogen and oxygen atoms in total. The van der Waals surface area contributed by atoms with Gasteiger partial charge in [-0.15, -0.1) is 0 Å². The first kappa shape index (κ1) is 14.1. The van der Waals surface area contributed by atoms with Gasteiger partial charge >= 0.3 is 0 Å². The maximum atomic E-state index is 6.03. The van der Waals surface area contributed by atoms with Crippen LogP contribution in [0.1, 0.15) is 39.2 Å². The van der Waals surface area contributed by atoms with Gasteiger partial charge in [0.05, 0.1) is 18.8 Å². The fourth-order valence-corrected chi connectivity index (χ4v) is 2.60. The van der Waals surface area contributed by atoms with Gasteiger partial charge in [-0.25, -0.2) is 9.97 Å². The van der Waals surface area contributed by atoms with Crippen LogP contribution in [0.25, 0.3) is 0 Å². The Morgan fingerprint density at radius 1 is 1.42 bits per heavy atom. The normalized spacial score (nSPS) is 23.6. The minimum absolute atomic E-state index is 0.230. The first-order chi connectivity index (χ1) is 9.17. The molecule has 2 heterocycles. The SMILES string of the molecule is CCCc1c(N)ncnc1N1CC(C)OCC1CC. The Morgan fingerprint density at radius 2 is 2.21 bits per heavy atom. The fraction of sp³-hybridized carbons (Fsp3) is 0.714. The average Bonchev–Trinajstić information content (AvgIpc) is 2.41. The van der Waals surface area contributed by atoms with Crippen molar-refractivity contribution in [3.63, 3.8) is 0 Å². The van der Waals surface area contributed by atoms with Gasteiger partial charge in [0.15, 0.2) is 0 Å². The second-order valence-electron chi connectivity index (χ2n) is 5.17. The molecule has 106 valence electrons. The summed E-state index contributed by atoms with van der Waals surface area (Å²) in [7, 11) is 0. The van der Waals surface area contributed by atoms with Gasteiger partial charge in [0.1, 0.15) is 18.0 Å². The summed E-state index contributed by atoms with van der Waals surface area (Å²) < 4.78 is 5.75. The number of nitrogen functional groups attached to an aromatic ring is 1. The first-order valence-corrected chi connectivity index (χ1v) is 7.14. The summed E-state index contributed by atoms with van der Waals surface area (Å²) in [5.74, 6) is 1.61. The summed E-state index contributed by atoms with van der Waals surface area (Å²) in [6.45, 7) is 8.05. The number of aromatic nitrogens is 2. The van der Waals surface area contributed by atoms with Gasteiger partial charge in [-0.05, 0) is 19.8 Å². The van der Waals surface area contributed by atoms with Crippen LogP contribution in [0.2, 0.25) is 0 Å². The number of nitrogens with two attached hydrogens (primary N) is 1. The van der Waals surface area contributed by atoms with Crippen molar-refractivity contribution in [2.45, 2.75) is 52.2 Å². The molecule has 0 bridgehead atoms. The number of rotatable bonds is 4. The van der Waals surface area contributed by atoms with E-state index in [2.05, 4.69) is 35.6 Å². The molecule has 19 heavy (non-hydrogen) atoms. The summed E-state index contributed by atoms with van der Waals surface area (Å²) in [4.78, 5) is 11.0. The average molecular weight is 264 g/mol. The van der Waals surface area contributed by atoms with Gasteiger partial charge in [-0.3, -0.25) is 0 Å². The molecular weight excluding hydrogens is 240 g/mol. The van der Waals surface area contributed by atoms with Crippen LogP contribution in [0.15, 0.2) is 6.33 Å². The van der Waals surface area contributed by atoms with Crippen LogP contribution in [0.3, 0.4) is 0 Å². The van der Waals surface area contributed by atoms with Crippen LogP contribution in [0.5, 0.6) is 0 Å². The van der Waals surface area contributed by atoms with Crippen LogP contribution in [-0.2, 0) is 11.2 Å². The third-order valence-corrected chi connectivity index (χ3v) is 3.67. The number of anilines is 2. The molecular formula is C14H24N4O. The molecule has 2 unspecified atom stereocenters. The van der Waals surface area contributed by atoms with E-state index in [4.69, 9.17) is 10.5 Å². The summed E-state index contributed by atoms with van der Waals surface area (Å²) in [6, 6.07) is 0.376. The minimum atomic E-state index is 0.230. The lowest BCUT2D eigenvalue weighted by Gasteiger charge is -2.40. The van der Waals surface area contributed by atoms with Crippen molar-refractivity contribution in [3.8, 4) is 0 Å². The summed E-state index contributed by atoms with van der Waals surface area (Å²) in [6.07, 6.45) is 4.80. The van der Waals surface area contributed by atoms with E-state index in [9.17, 15) is 0 Å². The molecule has 0 saturated carbocycles. The molecule has 5 heteroatoms. The van der Waals surface area contributed by atoms with Crippen LogP contribution < -0.4 is 10.6 Å². The monoisotopic (exact) mass is 264 g/mol. The minimum Gasteiger partial charge on any atom is -0.383 e. The van der Waals surface area contributed by atoms with E-state index in [1.54, 1.807) is 6.33 Å². The Bertz CT molecular complexity index is 424. The Balaban J connectivity index is 2.35. The van der Waals surface area contributed by atoms with E-state index in [-0.39, 0.29) is 6.10 Å². The van der Waals surface area contributed by atoms with E-state index in [0.29, 0.717) is 11.9 Å². The molecule has 0 aliphatic carbocycles. The smallest absolute Gasteiger partial charge is 0.137 e. The topological polar surface area (TPSA) is 64.3 Å². The molecule has 2 N–H and O–H groups in total. The zero-order valence-electron chi connectivity index (χ0n) is 12.1. The number of hydrogen-bond acceptors (Lipinski definition) is 5. The number of ether oxygens (including phenoxy) is 1. The van der Waals surface area contributed by atoms with Crippen molar-refractivity contribution in [1.82, 2.24) is 9.97 Å². The lowest BCUT2D eigenvalue weighted by atomic mass is 10.1. The Labute approximate surface area is 115 Å². The molecule has 1 aromatic heterocycles. The van der Waals surface area contributed by atoms with Gasteiger partial charge in [0.2, 0.25) is 0 Å². The predicted octanol–water partition coefficient (Wildman–Crippen LogP) is 2.01. The van der Waals surface area contributed by atoms with Crippen molar-refractivity contribution in [1.29, 1.82) is 0 Å². The summed E-state index contributed by atoms with van der Waals surface area (Å²) >= 11 is 0. The predicted molar refractivity (Wildman–Crippen MR) is 77.3 cm³/mol. The molecule has 1 aromatic rings. The quantitative estimate of drug-likeness (QED) is 0.901. The Hall–Kier alpha value is -1.36. The zero-order chi connectivity index (χ0) is 13.8. The molecule has 1 aliphatic rings. The van der Waals surface area contributed by atoms with Crippen LogP contribution >= 0.6 is 0 Å². The van der Waals surface area contributed by atoms with Gasteiger partial charge < -0.3 is 15.4 Å². The van der Waals surface area contributed by atoms with Crippen molar-refractivity contribution < 1.29 is 4.74 Å². The highest BCUT2D eigenvalue weighted by Gasteiger charge is 2.28. The van der Waals surface area contributed by atoms with Crippen molar-refractivity contribution >= 4 is 11.6 Å². The second kappa shape index (κ2) is 6.19. The Kier molecular flexibility index (Phi) is 4.58. The summed E-state index contributed by atoms with van der Waals surface area (Å²) in [5.41, 5.74) is 7.11. The molecule has 0 radical (unpaired) electrons. The standard InChI is InChI=1S/C14H24N4O/c1-4-6-12-13(15)16-9-17-14(12)18-7-10(3)19-8-11(18)5-2/h9-11H,4-8H2,1-3H3,(H2,15,16,17). The maximum absolute atomic E-state index is 6.03. The molecule has 1 aliphatic heterocycles. The third-order valence-electron chi connectivity index (χ3n) is 3.67. The lowest BCUT2D eigenvalue weighted by molar-refractivity contribution is 0.0295. The van der Waals surface area contributed by atoms with Gasteiger partial charge in [-0.2, -0.15) is 0 Å². The largest absolute Gasteiger partial charge is 0.383 e. The van der Waals surface area contributed by atoms with E-state index in [0.717, 1.165) is 43.8 Å². The third kappa shape index (κ3) is 2.97. The van der Waals surface area contributed by atoms with Crippen molar-refractivity contribution in [2.75, 3.05) is 23.8 Å². The van der Waals surface area contributed by atoms with Crippen LogP contribution in [-0.4, -0.2) is 35.3 Å². The van der Waals surface area contributed by atoms with E-state index in [1.807, 2.05) is 0 Å². The number of morpholine rings is 1. The van der Waals surface area contributed by atoms with Crippen molar-refractivity contribution in [3.05, 3.63) is 11.9 Å². The molecule has 1 saturated heterocycles. The maximum Gasteiger partial charge on any atom is 0.137 e. The fourth-order valence-electron chi connectivity index (χ4n) is 2.60. The first-order valence-electron chi connectivity index (χ1n) is 7.14.